The van der Waals surface area contributed by atoms with E-state index in [1.807, 2.05) is 0 Å². The van der Waals surface area contributed by atoms with Crippen LogP contribution < -0.4 is 10.2 Å². The van der Waals surface area contributed by atoms with Gasteiger partial charge in [0.05, 0.1) is 11.5 Å². The lowest BCUT2D eigenvalue weighted by atomic mass is 10.2. The third-order valence-corrected chi connectivity index (χ3v) is 4.73. The fraction of sp³-hybridized carbons (Fsp3) is 0.571. The molecule has 1 atom stereocenters. The molecule has 1 aliphatic rings. The molecule has 1 heterocycles. The lowest BCUT2D eigenvalue weighted by Gasteiger charge is -2.27. The first-order chi connectivity index (χ1) is 9.50. The van der Waals surface area contributed by atoms with Gasteiger partial charge in [-0.3, -0.25) is 0 Å². The summed E-state index contributed by atoms with van der Waals surface area (Å²) in [5.74, 6) is 0. The molecule has 6 heteroatoms. The van der Waals surface area contributed by atoms with E-state index in [1.54, 1.807) is 24.3 Å². The van der Waals surface area contributed by atoms with Crippen LogP contribution in [0.4, 0.5) is 5.69 Å². The number of aliphatic hydroxyl groups is 1. The van der Waals surface area contributed by atoms with Crippen LogP contribution >= 0.6 is 0 Å². The number of benzene rings is 1. The lowest BCUT2D eigenvalue weighted by molar-refractivity contribution is 0.300. The minimum Gasteiger partial charge on any atom is -0.395 e. The molecule has 0 saturated carbocycles. The van der Waals surface area contributed by atoms with E-state index in [9.17, 15) is 13.5 Å². The number of hydrogen-bond acceptors (Lipinski definition) is 5. The minimum absolute atomic E-state index is 0.0839. The van der Waals surface area contributed by atoms with E-state index in [0.717, 1.165) is 25.2 Å². The van der Waals surface area contributed by atoms with Crippen LogP contribution in [0.3, 0.4) is 0 Å². The van der Waals surface area contributed by atoms with E-state index in [-0.39, 0.29) is 6.61 Å². The van der Waals surface area contributed by atoms with Gasteiger partial charge in [0.15, 0.2) is 9.84 Å². The molecule has 2 rings (SSSR count). The number of hydrogen-bond donors (Lipinski definition) is 2. The summed E-state index contributed by atoms with van der Waals surface area (Å²) in [6.07, 6.45) is 3.53. The van der Waals surface area contributed by atoms with Gasteiger partial charge in [-0.05, 0) is 43.7 Å². The second-order valence-corrected chi connectivity index (χ2v) is 7.24. The maximum Gasteiger partial charge on any atom is 0.175 e. The number of nitrogens with zero attached hydrogens (tertiary/aromatic N) is 1. The summed E-state index contributed by atoms with van der Waals surface area (Å²) in [6.45, 7) is 2.51. The molecule has 0 spiro atoms. The zero-order valence-electron chi connectivity index (χ0n) is 11.7. The molecule has 0 bridgehead atoms. The summed E-state index contributed by atoms with van der Waals surface area (Å²) in [7, 11) is -3.16. The lowest BCUT2D eigenvalue weighted by Crippen LogP contribution is -2.39. The minimum atomic E-state index is -3.16. The van der Waals surface area contributed by atoms with Gasteiger partial charge in [0.2, 0.25) is 0 Å². The van der Waals surface area contributed by atoms with Gasteiger partial charge in [0.1, 0.15) is 0 Å². The Morgan fingerprint density at radius 3 is 2.55 bits per heavy atom. The first-order valence-corrected chi connectivity index (χ1v) is 8.79. The topological polar surface area (TPSA) is 69.6 Å². The van der Waals surface area contributed by atoms with Gasteiger partial charge in [-0.15, -0.1) is 0 Å². The average molecular weight is 298 g/mol. The number of rotatable bonds is 6. The highest BCUT2D eigenvalue weighted by atomic mass is 32.2. The molecule has 1 unspecified atom stereocenters. The summed E-state index contributed by atoms with van der Waals surface area (Å²) >= 11 is 0. The summed E-state index contributed by atoms with van der Waals surface area (Å²) in [4.78, 5) is 2.42. The second kappa shape index (κ2) is 6.56. The Balaban J connectivity index is 2.12. The molecule has 0 aromatic heterocycles. The Bertz CT molecular complexity index is 522. The van der Waals surface area contributed by atoms with Crippen molar-refractivity contribution in [3.05, 3.63) is 24.3 Å². The van der Waals surface area contributed by atoms with Crippen molar-refractivity contribution in [2.75, 3.05) is 37.4 Å². The molecule has 20 heavy (non-hydrogen) atoms. The summed E-state index contributed by atoms with van der Waals surface area (Å²) in [5.41, 5.74) is 0.945. The Morgan fingerprint density at radius 2 is 2.05 bits per heavy atom. The molecule has 1 saturated heterocycles. The van der Waals surface area contributed by atoms with E-state index in [2.05, 4.69) is 10.2 Å². The predicted octanol–water partition coefficient (Wildman–Crippen LogP) is 0.641. The molecular formula is C14H22N2O3S. The second-order valence-electron chi connectivity index (χ2n) is 5.23. The predicted molar refractivity (Wildman–Crippen MR) is 79.9 cm³/mol. The molecular weight excluding hydrogens is 276 g/mol. The molecule has 1 fully saturated rings. The van der Waals surface area contributed by atoms with Crippen LogP contribution in [0.1, 0.15) is 12.8 Å². The van der Waals surface area contributed by atoms with Crippen molar-refractivity contribution in [1.82, 2.24) is 5.32 Å². The Kier molecular flexibility index (Phi) is 5.01. The summed E-state index contributed by atoms with van der Waals surface area (Å²) in [5, 5.41) is 12.6. The molecule has 0 aliphatic carbocycles. The van der Waals surface area contributed by atoms with Gasteiger partial charge in [-0.2, -0.15) is 0 Å². The fourth-order valence-corrected chi connectivity index (χ4v) is 3.16. The smallest absolute Gasteiger partial charge is 0.175 e. The number of anilines is 1. The van der Waals surface area contributed by atoms with Crippen LogP contribution in [0, 0.1) is 0 Å². The van der Waals surface area contributed by atoms with Crippen molar-refractivity contribution >= 4 is 15.5 Å². The van der Waals surface area contributed by atoms with Gasteiger partial charge >= 0.3 is 0 Å². The van der Waals surface area contributed by atoms with Gasteiger partial charge in [-0.1, -0.05) is 0 Å². The molecule has 1 aromatic carbocycles. The molecule has 5 nitrogen and oxygen atoms in total. The molecule has 2 N–H and O–H groups in total. The quantitative estimate of drug-likeness (QED) is 0.806. The standard InChI is InChI=1S/C14H22N2O3S/c1-20(18,19)14-6-4-13(5-7-14)16(9-10-17)11-12-3-2-8-15-12/h4-7,12,15,17H,2-3,8-11H2,1H3. The summed E-state index contributed by atoms with van der Waals surface area (Å²) < 4.78 is 22.9. The Labute approximate surface area is 120 Å². The van der Waals surface area contributed by atoms with Crippen LogP contribution in [-0.2, 0) is 9.84 Å². The highest BCUT2D eigenvalue weighted by Gasteiger charge is 2.18. The van der Waals surface area contributed by atoms with Crippen LogP contribution in [0.2, 0.25) is 0 Å². The van der Waals surface area contributed by atoms with E-state index < -0.39 is 9.84 Å². The number of aliphatic hydroxyl groups excluding tert-OH is 1. The zero-order chi connectivity index (χ0) is 14.6. The van der Waals surface area contributed by atoms with Crippen LogP contribution in [0.25, 0.3) is 0 Å². The Hall–Kier alpha value is -1.11. The van der Waals surface area contributed by atoms with Crippen molar-refractivity contribution < 1.29 is 13.5 Å². The Morgan fingerprint density at radius 1 is 1.35 bits per heavy atom. The normalized spacial score (nSPS) is 19.2. The maximum absolute atomic E-state index is 11.5. The molecule has 0 amide bonds. The van der Waals surface area contributed by atoms with Crippen LogP contribution in [0.15, 0.2) is 29.2 Å². The van der Waals surface area contributed by atoms with E-state index in [4.69, 9.17) is 0 Å². The van der Waals surface area contributed by atoms with Gasteiger partial charge in [0.25, 0.3) is 0 Å². The van der Waals surface area contributed by atoms with Crippen molar-refractivity contribution in [2.24, 2.45) is 0 Å². The van der Waals surface area contributed by atoms with Crippen molar-refractivity contribution in [2.45, 2.75) is 23.8 Å². The van der Waals surface area contributed by atoms with Gasteiger partial charge < -0.3 is 15.3 Å². The number of sulfone groups is 1. The van der Waals surface area contributed by atoms with Crippen molar-refractivity contribution in [1.29, 1.82) is 0 Å². The monoisotopic (exact) mass is 298 g/mol. The molecule has 1 aliphatic heterocycles. The number of nitrogens with one attached hydrogen (secondary N) is 1. The van der Waals surface area contributed by atoms with Crippen molar-refractivity contribution in [3.63, 3.8) is 0 Å². The zero-order valence-corrected chi connectivity index (χ0v) is 12.6. The van der Waals surface area contributed by atoms with E-state index in [1.165, 1.54) is 12.7 Å². The summed E-state index contributed by atoms with van der Waals surface area (Å²) in [6, 6.07) is 7.30. The first kappa shape index (κ1) is 15.3. The van der Waals surface area contributed by atoms with Crippen LogP contribution in [0.5, 0.6) is 0 Å². The fourth-order valence-electron chi connectivity index (χ4n) is 2.53. The van der Waals surface area contributed by atoms with Crippen molar-refractivity contribution in [3.8, 4) is 0 Å². The third kappa shape index (κ3) is 3.94. The molecule has 0 radical (unpaired) electrons. The third-order valence-electron chi connectivity index (χ3n) is 3.60. The average Bonchev–Trinajstić information content (AvgIpc) is 2.90. The largest absolute Gasteiger partial charge is 0.395 e. The van der Waals surface area contributed by atoms with Gasteiger partial charge in [-0.25, -0.2) is 8.42 Å². The SMILES string of the molecule is CS(=O)(=O)c1ccc(N(CCO)CC2CCCN2)cc1. The first-order valence-electron chi connectivity index (χ1n) is 6.90. The van der Waals surface area contributed by atoms with E-state index >= 15 is 0 Å². The van der Waals surface area contributed by atoms with E-state index in [0.29, 0.717) is 17.5 Å². The molecule has 112 valence electrons. The highest BCUT2D eigenvalue weighted by molar-refractivity contribution is 7.90. The van der Waals surface area contributed by atoms with Gasteiger partial charge in [0, 0.05) is 31.1 Å². The maximum atomic E-state index is 11.5. The highest BCUT2D eigenvalue weighted by Crippen LogP contribution is 2.19. The van der Waals surface area contributed by atoms with Crippen LogP contribution in [-0.4, -0.2) is 52.1 Å². The molecule has 1 aromatic rings.